The van der Waals surface area contributed by atoms with Gasteiger partial charge in [0.25, 0.3) is 0 Å². The van der Waals surface area contributed by atoms with E-state index < -0.39 is 42.5 Å². The number of carboxylic acids is 1. The number of methoxy groups -OCH3 is 3. The minimum Gasteiger partial charge on any atom is -0.489 e. The van der Waals surface area contributed by atoms with Crippen LogP contribution in [0.4, 0.5) is 13.2 Å². The van der Waals surface area contributed by atoms with Gasteiger partial charge in [-0.3, -0.25) is 4.79 Å². The Hall–Kier alpha value is -3.57. The highest BCUT2D eigenvalue weighted by molar-refractivity contribution is 6.33. The molecule has 0 heterocycles. The second kappa shape index (κ2) is 14.4. The van der Waals surface area contributed by atoms with Crippen molar-refractivity contribution >= 4 is 17.6 Å². The second-order valence-electron chi connectivity index (χ2n) is 8.83. The minimum atomic E-state index is -4.70. The van der Waals surface area contributed by atoms with Crippen molar-refractivity contribution in [1.29, 1.82) is 0 Å². The Bertz CT molecular complexity index is 1340. The van der Waals surface area contributed by atoms with Crippen LogP contribution in [0.2, 0.25) is 5.02 Å². The van der Waals surface area contributed by atoms with Crippen LogP contribution in [0.15, 0.2) is 67.3 Å². The van der Waals surface area contributed by atoms with Crippen LogP contribution in [-0.2, 0) is 31.8 Å². The Morgan fingerprint density at radius 2 is 1.71 bits per heavy atom. The molecule has 41 heavy (non-hydrogen) atoms. The minimum absolute atomic E-state index is 0.0146. The van der Waals surface area contributed by atoms with Crippen LogP contribution in [0.3, 0.4) is 0 Å². The lowest BCUT2D eigenvalue weighted by Gasteiger charge is -2.24. The molecule has 0 fully saturated rings. The molecule has 0 aromatic heterocycles. The topological polar surface area (TPSA) is 83.5 Å². The standard InChI is InChI=1S/C30H30ClF3O7/c1-5-6-23(28(35)36)19-9-7-18(8-10-19)22-13-12-21(15-25(22)31)40-16-20-11-14-24(30(32,33)34)27(41-17-37-2)26(20)29(38-3)39-4/h5,7-15,23,29H,1,6,16-17H2,2-4H3,(H,35,36). The van der Waals surface area contributed by atoms with Gasteiger partial charge in [-0.15, -0.1) is 6.58 Å². The summed E-state index contributed by atoms with van der Waals surface area (Å²) in [6, 6.07) is 14.2. The number of benzene rings is 3. The fourth-order valence-electron chi connectivity index (χ4n) is 4.28. The second-order valence-corrected chi connectivity index (χ2v) is 9.24. The molecule has 1 unspecified atom stereocenters. The predicted octanol–water partition coefficient (Wildman–Crippen LogP) is 7.62. The molecule has 0 spiro atoms. The van der Waals surface area contributed by atoms with Crippen molar-refractivity contribution in [3.63, 3.8) is 0 Å². The maximum absolute atomic E-state index is 13.8. The zero-order valence-corrected chi connectivity index (χ0v) is 23.4. The summed E-state index contributed by atoms with van der Waals surface area (Å²) in [4.78, 5) is 11.6. The van der Waals surface area contributed by atoms with Gasteiger partial charge in [0.05, 0.1) is 22.1 Å². The number of carboxylic acid groups (broad SMARTS) is 1. The normalized spacial score (nSPS) is 12.3. The van der Waals surface area contributed by atoms with Crippen LogP contribution in [0.1, 0.15) is 40.9 Å². The third kappa shape index (κ3) is 7.80. The highest BCUT2D eigenvalue weighted by Crippen LogP contribution is 2.43. The third-order valence-corrected chi connectivity index (χ3v) is 6.55. The first-order valence-corrected chi connectivity index (χ1v) is 12.7. The summed E-state index contributed by atoms with van der Waals surface area (Å²) in [5.74, 6) is -1.75. The van der Waals surface area contributed by atoms with E-state index in [9.17, 15) is 23.1 Å². The number of aliphatic carboxylic acids is 1. The van der Waals surface area contributed by atoms with Gasteiger partial charge in [0.15, 0.2) is 13.1 Å². The lowest BCUT2D eigenvalue weighted by Crippen LogP contribution is -2.17. The molecule has 7 nitrogen and oxygen atoms in total. The van der Waals surface area contributed by atoms with Crippen LogP contribution in [-0.4, -0.2) is 39.2 Å². The van der Waals surface area contributed by atoms with Crippen LogP contribution in [0, 0.1) is 0 Å². The molecular formula is C30H30ClF3O7. The van der Waals surface area contributed by atoms with E-state index in [1.807, 2.05) is 0 Å². The smallest absolute Gasteiger partial charge is 0.419 e. The number of rotatable bonds is 14. The number of hydrogen-bond acceptors (Lipinski definition) is 6. The molecule has 3 rings (SSSR count). The molecule has 0 aliphatic rings. The van der Waals surface area contributed by atoms with Crippen LogP contribution in [0.5, 0.6) is 11.5 Å². The largest absolute Gasteiger partial charge is 0.489 e. The number of allylic oxidation sites excluding steroid dienone is 1. The average molecular weight is 595 g/mol. The molecule has 220 valence electrons. The van der Waals surface area contributed by atoms with Crippen LogP contribution < -0.4 is 9.47 Å². The lowest BCUT2D eigenvalue weighted by atomic mass is 9.94. The molecule has 11 heteroatoms. The predicted molar refractivity (Wildman–Crippen MR) is 147 cm³/mol. The van der Waals surface area contributed by atoms with Crippen molar-refractivity contribution in [2.45, 2.75) is 31.4 Å². The molecular weight excluding hydrogens is 565 g/mol. The van der Waals surface area contributed by atoms with Gasteiger partial charge < -0.3 is 28.8 Å². The van der Waals surface area contributed by atoms with Gasteiger partial charge >= 0.3 is 12.1 Å². The molecule has 0 saturated carbocycles. The first-order valence-electron chi connectivity index (χ1n) is 12.3. The maximum Gasteiger partial charge on any atom is 0.419 e. The fourth-order valence-corrected chi connectivity index (χ4v) is 4.55. The Kier molecular flexibility index (Phi) is 11.2. The van der Waals surface area contributed by atoms with Crippen molar-refractivity contribution in [2.75, 3.05) is 28.1 Å². The SMILES string of the molecule is C=CCC(C(=O)O)c1ccc(-c2ccc(OCc3ccc(C(F)(F)F)c(OCOC)c3C(OC)OC)cc2Cl)cc1. The molecule has 1 atom stereocenters. The monoisotopic (exact) mass is 594 g/mol. The molecule has 0 amide bonds. The van der Waals surface area contributed by atoms with E-state index in [0.717, 1.165) is 11.6 Å². The van der Waals surface area contributed by atoms with Gasteiger partial charge in [-0.25, -0.2) is 0 Å². The zero-order valence-electron chi connectivity index (χ0n) is 22.7. The van der Waals surface area contributed by atoms with Gasteiger partial charge in [0.2, 0.25) is 0 Å². The molecule has 0 aliphatic heterocycles. The van der Waals surface area contributed by atoms with E-state index >= 15 is 0 Å². The third-order valence-electron chi connectivity index (χ3n) is 6.24. The van der Waals surface area contributed by atoms with Crippen molar-refractivity contribution < 1.29 is 46.8 Å². The summed E-state index contributed by atoms with van der Waals surface area (Å²) in [6.45, 7) is 3.04. The lowest BCUT2D eigenvalue weighted by molar-refractivity contribution is -0.141. The highest BCUT2D eigenvalue weighted by Gasteiger charge is 2.38. The first-order chi connectivity index (χ1) is 19.5. The molecule has 0 aliphatic carbocycles. The quantitative estimate of drug-likeness (QED) is 0.152. The van der Waals surface area contributed by atoms with E-state index in [0.29, 0.717) is 33.9 Å². The Morgan fingerprint density at radius 3 is 2.24 bits per heavy atom. The summed E-state index contributed by atoms with van der Waals surface area (Å²) in [5.41, 5.74) is 1.43. The fraction of sp³-hybridized carbons (Fsp3) is 0.300. The number of carbonyl (C=O) groups is 1. The van der Waals surface area contributed by atoms with E-state index in [4.69, 9.17) is 35.3 Å². The van der Waals surface area contributed by atoms with Crippen LogP contribution in [0.25, 0.3) is 11.1 Å². The molecule has 0 saturated heterocycles. The van der Waals surface area contributed by atoms with E-state index in [1.165, 1.54) is 27.4 Å². The Morgan fingerprint density at radius 1 is 1.02 bits per heavy atom. The summed E-state index contributed by atoms with van der Waals surface area (Å²) in [7, 11) is 3.89. The number of hydrogen-bond donors (Lipinski definition) is 1. The number of halogens is 4. The molecule has 0 bridgehead atoms. The van der Waals surface area contributed by atoms with Gasteiger partial charge in [-0.2, -0.15) is 13.2 Å². The molecule has 1 N–H and O–H groups in total. The molecule has 3 aromatic carbocycles. The van der Waals surface area contributed by atoms with Gasteiger partial charge in [0, 0.05) is 32.5 Å². The van der Waals surface area contributed by atoms with E-state index in [-0.39, 0.29) is 12.2 Å². The Labute approximate surface area is 241 Å². The number of ether oxygens (including phenoxy) is 5. The van der Waals surface area contributed by atoms with Crippen molar-refractivity contribution in [3.8, 4) is 22.6 Å². The van der Waals surface area contributed by atoms with Gasteiger partial charge in [-0.05, 0) is 41.8 Å². The van der Waals surface area contributed by atoms with Gasteiger partial charge in [-0.1, -0.05) is 48.0 Å². The molecule has 3 aromatic rings. The molecule has 0 radical (unpaired) electrons. The van der Waals surface area contributed by atoms with E-state index in [1.54, 1.807) is 48.5 Å². The Balaban J connectivity index is 1.89. The van der Waals surface area contributed by atoms with Crippen molar-refractivity contribution in [3.05, 3.63) is 94.5 Å². The van der Waals surface area contributed by atoms with Gasteiger partial charge in [0.1, 0.15) is 18.1 Å². The average Bonchev–Trinajstić information content (AvgIpc) is 2.94. The summed E-state index contributed by atoms with van der Waals surface area (Å²) < 4.78 is 68.0. The summed E-state index contributed by atoms with van der Waals surface area (Å²) in [6.07, 6.45) is -4.01. The van der Waals surface area contributed by atoms with Crippen molar-refractivity contribution in [1.82, 2.24) is 0 Å². The highest BCUT2D eigenvalue weighted by atomic mass is 35.5. The number of alkyl halides is 3. The summed E-state index contributed by atoms with van der Waals surface area (Å²) in [5, 5.41) is 9.83. The maximum atomic E-state index is 13.8. The van der Waals surface area contributed by atoms with Crippen LogP contribution >= 0.6 is 11.6 Å². The first kappa shape index (κ1) is 32.0. The van der Waals surface area contributed by atoms with Crippen molar-refractivity contribution in [2.24, 2.45) is 0 Å². The zero-order chi connectivity index (χ0) is 30.2. The van der Waals surface area contributed by atoms with E-state index in [2.05, 4.69) is 6.58 Å². The summed E-state index contributed by atoms with van der Waals surface area (Å²) >= 11 is 6.54.